The van der Waals surface area contributed by atoms with Crippen molar-refractivity contribution in [3.05, 3.63) is 36.4 Å². The van der Waals surface area contributed by atoms with E-state index in [4.69, 9.17) is 14.6 Å². The molecule has 0 heterocycles. The van der Waals surface area contributed by atoms with Gasteiger partial charge < -0.3 is 10.5 Å². The minimum absolute atomic E-state index is 0.345. The summed E-state index contributed by atoms with van der Waals surface area (Å²) in [4.78, 5) is 0. The lowest BCUT2D eigenvalue weighted by Crippen LogP contribution is -1.87. The van der Waals surface area contributed by atoms with Crippen molar-refractivity contribution in [1.82, 2.24) is 0 Å². The summed E-state index contributed by atoms with van der Waals surface area (Å²) in [6, 6.07) is 10.5. The number of fused-ring (bicyclic) bond motifs is 1. The van der Waals surface area contributed by atoms with Gasteiger partial charge in [-0.1, -0.05) is 12.1 Å². The number of ether oxygens (including phenoxy) is 1. The Morgan fingerprint density at radius 2 is 2.23 bits per heavy atom. The van der Waals surface area contributed by atoms with Crippen LogP contribution in [0.25, 0.3) is 10.8 Å². The fourth-order valence-electron chi connectivity index (χ4n) is 1.36. The van der Waals surface area contributed by atoms with Gasteiger partial charge in [0.05, 0.1) is 11.2 Å². The van der Waals surface area contributed by atoms with E-state index in [0.29, 0.717) is 11.4 Å². The molecular weight excluding hydrogens is 162 g/mol. The second kappa shape index (κ2) is 2.98. The molecule has 2 aromatic carbocycles. The Morgan fingerprint density at radius 3 is 3.08 bits per heavy atom. The molecule has 2 N–H and O–H groups in total. The molecule has 0 amide bonds. The fourth-order valence-corrected chi connectivity index (χ4v) is 1.36. The van der Waals surface area contributed by atoms with E-state index in [0.717, 1.165) is 10.8 Å². The van der Waals surface area contributed by atoms with E-state index in [1.807, 2.05) is 6.07 Å². The van der Waals surface area contributed by atoms with E-state index in [-0.39, 0.29) is 0 Å². The van der Waals surface area contributed by atoms with E-state index in [2.05, 4.69) is 0 Å². The van der Waals surface area contributed by atoms with Gasteiger partial charge in [-0.2, -0.15) is 0 Å². The Balaban J connectivity index is 2.54. The molecule has 0 unspecified atom stereocenters. The lowest BCUT2D eigenvalue weighted by molar-refractivity contribution is 0.420. The van der Waals surface area contributed by atoms with E-state index >= 15 is 0 Å². The van der Waals surface area contributed by atoms with Crippen molar-refractivity contribution >= 4 is 16.5 Å². The standard InChI is InChI=1S/C11H11NO/c1-13-11-4-2-3-8-7-9(12)5-6-10(8)11/h2-7H,12H2,1H3/i1D3. The summed E-state index contributed by atoms with van der Waals surface area (Å²) in [5.41, 5.74) is 6.29. The van der Waals surface area contributed by atoms with Crippen LogP contribution in [0, 0.1) is 0 Å². The molecule has 2 aromatic rings. The third-order valence-electron chi connectivity index (χ3n) is 1.97. The van der Waals surface area contributed by atoms with Gasteiger partial charge in [-0.25, -0.2) is 0 Å². The average molecular weight is 176 g/mol. The largest absolute Gasteiger partial charge is 0.496 e. The van der Waals surface area contributed by atoms with Gasteiger partial charge in [-0.15, -0.1) is 0 Å². The van der Waals surface area contributed by atoms with Gasteiger partial charge >= 0.3 is 0 Å². The molecule has 13 heavy (non-hydrogen) atoms. The molecule has 0 bridgehead atoms. The second-order valence-corrected chi connectivity index (χ2v) is 2.84. The maximum absolute atomic E-state index is 7.07. The van der Waals surface area contributed by atoms with E-state index < -0.39 is 7.04 Å². The van der Waals surface area contributed by atoms with Crippen molar-refractivity contribution in [3.8, 4) is 5.75 Å². The minimum Gasteiger partial charge on any atom is -0.496 e. The number of methoxy groups -OCH3 is 1. The SMILES string of the molecule is [2H]C([2H])([2H])Oc1cccc2cc(N)ccc12. The van der Waals surface area contributed by atoms with Gasteiger partial charge in [0.2, 0.25) is 0 Å². The molecule has 0 fully saturated rings. The van der Waals surface area contributed by atoms with Crippen LogP contribution in [0.15, 0.2) is 36.4 Å². The van der Waals surface area contributed by atoms with Crippen LogP contribution in [0.4, 0.5) is 5.69 Å². The normalized spacial score (nSPS) is 14.6. The monoisotopic (exact) mass is 176 g/mol. The van der Waals surface area contributed by atoms with Crippen molar-refractivity contribution in [3.63, 3.8) is 0 Å². The molecule has 0 aromatic heterocycles. The first-order valence-electron chi connectivity index (χ1n) is 5.43. The molecular formula is C11H11NO. The van der Waals surface area contributed by atoms with Crippen LogP contribution in [0.5, 0.6) is 5.75 Å². The van der Waals surface area contributed by atoms with Crippen LogP contribution >= 0.6 is 0 Å². The average Bonchev–Trinajstić information content (AvgIpc) is 2.15. The highest BCUT2D eigenvalue weighted by Gasteiger charge is 1.99. The molecule has 0 atom stereocenters. The number of nitrogens with two attached hydrogens (primary N) is 1. The summed E-state index contributed by atoms with van der Waals surface area (Å²) < 4.78 is 26.1. The summed E-state index contributed by atoms with van der Waals surface area (Å²) in [6.07, 6.45) is 0. The smallest absolute Gasteiger partial charge is 0.126 e. The zero-order chi connectivity index (χ0) is 11.8. The van der Waals surface area contributed by atoms with Gasteiger partial charge in [0.25, 0.3) is 0 Å². The predicted octanol–water partition coefficient (Wildman–Crippen LogP) is 2.43. The van der Waals surface area contributed by atoms with Gasteiger partial charge in [0.1, 0.15) is 5.75 Å². The molecule has 2 heteroatoms. The van der Waals surface area contributed by atoms with Crippen LogP contribution in [0.1, 0.15) is 4.11 Å². The van der Waals surface area contributed by atoms with Crippen LogP contribution in [-0.2, 0) is 0 Å². The Morgan fingerprint density at radius 1 is 1.31 bits per heavy atom. The molecule has 0 aliphatic carbocycles. The van der Waals surface area contributed by atoms with Crippen LogP contribution < -0.4 is 10.5 Å². The maximum atomic E-state index is 7.07. The predicted molar refractivity (Wildman–Crippen MR) is 54.9 cm³/mol. The first-order valence-corrected chi connectivity index (χ1v) is 3.93. The molecule has 2 nitrogen and oxygen atoms in total. The van der Waals surface area contributed by atoms with Crippen molar-refractivity contribution in [2.24, 2.45) is 0 Å². The Kier molecular flexibility index (Phi) is 1.17. The van der Waals surface area contributed by atoms with Gasteiger partial charge in [0, 0.05) is 11.1 Å². The first-order chi connectivity index (χ1) is 7.46. The van der Waals surface area contributed by atoms with Crippen LogP contribution in [0.2, 0.25) is 0 Å². The van der Waals surface area contributed by atoms with E-state index in [1.165, 1.54) is 0 Å². The summed E-state index contributed by atoms with van der Waals surface area (Å²) in [5.74, 6) is 0.345. The number of nitrogen functional groups attached to an aromatic ring is 1. The fraction of sp³-hybridized carbons (Fsp3) is 0.0909. The molecule has 2 rings (SSSR count). The highest BCUT2D eigenvalue weighted by molar-refractivity contribution is 5.90. The number of benzene rings is 2. The topological polar surface area (TPSA) is 35.2 Å². The third-order valence-corrected chi connectivity index (χ3v) is 1.97. The van der Waals surface area contributed by atoms with Crippen LogP contribution in [-0.4, -0.2) is 7.04 Å². The number of rotatable bonds is 1. The van der Waals surface area contributed by atoms with Gasteiger partial charge in [-0.05, 0) is 29.7 Å². The van der Waals surface area contributed by atoms with E-state index in [1.54, 1.807) is 30.3 Å². The molecule has 0 saturated heterocycles. The molecule has 0 aliphatic heterocycles. The number of anilines is 1. The lowest BCUT2D eigenvalue weighted by atomic mass is 10.1. The number of hydrogen-bond acceptors (Lipinski definition) is 2. The van der Waals surface area contributed by atoms with Crippen molar-refractivity contribution in [2.75, 3.05) is 12.8 Å². The van der Waals surface area contributed by atoms with Crippen molar-refractivity contribution in [2.45, 2.75) is 0 Å². The van der Waals surface area contributed by atoms with Crippen molar-refractivity contribution < 1.29 is 8.85 Å². The Labute approximate surface area is 81.1 Å². The molecule has 0 aliphatic rings. The molecule has 0 radical (unpaired) electrons. The zero-order valence-electron chi connectivity index (χ0n) is 9.95. The summed E-state index contributed by atoms with van der Waals surface area (Å²) in [6.45, 7) is 0. The summed E-state index contributed by atoms with van der Waals surface area (Å²) in [5, 5.41) is 1.61. The molecule has 0 spiro atoms. The molecule has 66 valence electrons. The van der Waals surface area contributed by atoms with Gasteiger partial charge in [0.15, 0.2) is 0 Å². The van der Waals surface area contributed by atoms with Crippen LogP contribution in [0.3, 0.4) is 0 Å². The lowest BCUT2D eigenvalue weighted by Gasteiger charge is -2.04. The molecule has 0 saturated carbocycles. The Hall–Kier alpha value is -1.70. The quantitative estimate of drug-likeness (QED) is 0.677. The van der Waals surface area contributed by atoms with Crippen molar-refractivity contribution in [1.29, 1.82) is 0 Å². The minimum atomic E-state index is -2.43. The zero-order valence-corrected chi connectivity index (χ0v) is 6.95. The Bertz CT molecular complexity index is 522. The summed E-state index contributed by atoms with van der Waals surface area (Å²) in [7, 11) is -2.43. The first kappa shape index (κ1) is 5.12. The highest BCUT2D eigenvalue weighted by Crippen LogP contribution is 2.26. The van der Waals surface area contributed by atoms with E-state index in [9.17, 15) is 0 Å². The summed E-state index contributed by atoms with van der Waals surface area (Å²) >= 11 is 0. The maximum Gasteiger partial charge on any atom is 0.126 e. The number of hydrogen-bond donors (Lipinski definition) is 1. The highest BCUT2D eigenvalue weighted by atomic mass is 16.5. The third kappa shape index (κ3) is 1.31. The second-order valence-electron chi connectivity index (χ2n) is 2.84. The van der Waals surface area contributed by atoms with Gasteiger partial charge in [-0.3, -0.25) is 0 Å².